The highest BCUT2D eigenvalue weighted by molar-refractivity contribution is 9.11. The Labute approximate surface area is 387 Å². The van der Waals surface area contributed by atoms with Gasteiger partial charge in [-0.05, 0) is 80.9 Å². The predicted octanol–water partition coefficient (Wildman–Crippen LogP) is 17.5. The maximum atomic E-state index is 15.4. The summed E-state index contributed by atoms with van der Waals surface area (Å²) in [7, 11) is 0. The molecule has 7 aromatic carbocycles. The average molecular weight is 1210 g/mol. The molecule has 0 saturated heterocycles. The van der Waals surface area contributed by atoms with Crippen LogP contribution in [0.5, 0.6) is 0 Å². The summed E-state index contributed by atoms with van der Waals surface area (Å²) in [6.45, 7) is 0. The Morgan fingerprint density at radius 3 is 0.470 bits per heavy atom. The first-order chi connectivity index (χ1) is 30.8. The van der Waals surface area contributed by atoms with Crippen molar-refractivity contribution in [3.05, 3.63) is 171 Å². The molecule has 0 bridgehead atoms. The fraction of sp³-hybridized carbons (Fsp3) is 0. The third kappa shape index (κ3) is 7.49. The molecule has 0 fully saturated rings. The lowest BCUT2D eigenvalue weighted by atomic mass is 9.88. The van der Waals surface area contributed by atoms with Gasteiger partial charge in [0, 0.05) is 17.9 Å². The van der Waals surface area contributed by atoms with Crippen molar-refractivity contribution in [1.82, 2.24) is 0 Å². The van der Waals surface area contributed by atoms with Gasteiger partial charge in [-0.3, -0.25) is 0 Å². The Balaban J connectivity index is 1.53. The highest BCUT2D eigenvalue weighted by atomic mass is 79.9. The summed E-state index contributed by atoms with van der Waals surface area (Å²) in [5, 5.41) is 0. The number of halogens is 24. The molecule has 0 unspecified atom stereocenters. The summed E-state index contributed by atoms with van der Waals surface area (Å²) in [4.78, 5) is 0. The third-order valence-electron chi connectivity index (χ3n) is 9.77. The van der Waals surface area contributed by atoms with Gasteiger partial charge in [0.2, 0.25) is 23.3 Å². The van der Waals surface area contributed by atoms with Crippen molar-refractivity contribution in [1.29, 1.82) is 0 Å². The molecule has 24 heteroatoms. The summed E-state index contributed by atoms with van der Waals surface area (Å²) in [5.41, 5.74) is -14.4. The molecular formula is C42H6Br4F20. The van der Waals surface area contributed by atoms with E-state index in [1.54, 1.807) is 0 Å². The predicted molar refractivity (Wildman–Crippen MR) is 209 cm³/mol. The van der Waals surface area contributed by atoms with Crippen LogP contribution in [-0.4, -0.2) is 0 Å². The Morgan fingerprint density at radius 1 is 0.167 bits per heavy atom. The van der Waals surface area contributed by atoms with Crippen molar-refractivity contribution in [3.63, 3.8) is 0 Å². The quantitative estimate of drug-likeness (QED) is 0.0884. The molecule has 66 heavy (non-hydrogen) atoms. The van der Waals surface area contributed by atoms with E-state index in [-0.39, 0.29) is 20.1 Å². The normalized spacial score (nSPS) is 11.6. The van der Waals surface area contributed by atoms with E-state index in [2.05, 4.69) is 63.7 Å². The fourth-order valence-corrected chi connectivity index (χ4v) is 8.94. The number of hydrogen-bond donors (Lipinski definition) is 0. The zero-order chi connectivity index (χ0) is 49.0. The summed E-state index contributed by atoms with van der Waals surface area (Å²) < 4.78 is 294. The Morgan fingerprint density at radius 2 is 0.288 bits per heavy atom. The molecule has 0 saturated carbocycles. The van der Waals surface area contributed by atoms with Gasteiger partial charge in [-0.25, -0.2) is 87.8 Å². The lowest BCUT2D eigenvalue weighted by Gasteiger charge is -2.20. The van der Waals surface area contributed by atoms with Crippen LogP contribution in [-0.2, 0) is 0 Å². The topological polar surface area (TPSA) is 0 Å². The van der Waals surface area contributed by atoms with Crippen molar-refractivity contribution in [2.75, 3.05) is 0 Å². The minimum atomic E-state index is -2.71. The smallest absolute Gasteiger partial charge is 0.200 e. The van der Waals surface area contributed by atoms with Crippen LogP contribution in [0.25, 0.3) is 66.8 Å². The maximum Gasteiger partial charge on any atom is 0.200 e. The lowest BCUT2D eigenvalue weighted by molar-refractivity contribution is 0.380. The first-order valence-corrected chi connectivity index (χ1v) is 20.2. The van der Waals surface area contributed by atoms with E-state index in [9.17, 15) is 52.7 Å². The second-order valence-corrected chi connectivity index (χ2v) is 16.8. The number of hydrogen-bond acceptors (Lipinski definition) is 0. The van der Waals surface area contributed by atoms with Crippen molar-refractivity contribution < 1.29 is 87.8 Å². The molecule has 0 atom stereocenters. The Hall–Kier alpha value is -4.94. The molecule has 0 amide bonds. The van der Waals surface area contributed by atoms with E-state index in [0.717, 1.165) is 12.1 Å². The molecule has 342 valence electrons. The van der Waals surface area contributed by atoms with Gasteiger partial charge in [0.1, 0.15) is 0 Å². The zero-order valence-corrected chi connectivity index (χ0v) is 36.9. The maximum absolute atomic E-state index is 15.4. The minimum absolute atomic E-state index is 0.262. The van der Waals surface area contributed by atoms with Crippen molar-refractivity contribution in [2.45, 2.75) is 0 Å². The van der Waals surface area contributed by atoms with Crippen LogP contribution in [0.2, 0.25) is 0 Å². The second kappa shape index (κ2) is 17.6. The van der Waals surface area contributed by atoms with Crippen LogP contribution in [0.15, 0.2) is 54.3 Å². The van der Waals surface area contributed by atoms with Gasteiger partial charge >= 0.3 is 0 Å². The zero-order valence-electron chi connectivity index (χ0n) is 30.5. The molecular weight excluding hydrogens is 1200 g/mol. The molecule has 7 aromatic rings. The van der Waals surface area contributed by atoms with E-state index in [0.29, 0.717) is 24.3 Å². The van der Waals surface area contributed by atoms with Crippen LogP contribution >= 0.6 is 63.7 Å². The van der Waals surface area contributed by atoms with E-state index in [1.807, 2.05) is 0 Å². The average Bonchev–Trinajstić information content (AvgIpc) is 3.28. The van der Waals surface area contributed by atoms with Crippen LogP contribution in [0, 0.1) is 116 Å². The molecule has 0 aromatic heterocycles. The summed E-state index contributed by atoms with van der Waals surface area (Å²) >= 11 is 12.2. The lowest BCUT2D eigenvalue weighted by Crippen LogP contribution is -2.08. The van der Waals surface area contributed by atoms with Gasteiger partial charge < -0.3 is 0 Å². The Bertz CT molecular complexity index is 2980. The second-order valence-electron chi connectivity index (χ2n) is 13.3. The van der Waals surface area contributed by atoms with Gasteiger partial charge in [-0.2, -0.15) is 0 Å². The molecule has 0 heterocycles. The van der Waals surface area contributed by atoms with Gasteiger partial charge in [0.15, 0.2) is 93.1 Å². The van der Waals surface area contributed by atoms with Crippen molar-refractivity contribution in [3.8, 4) is 66.8 Å². The number of benzene rings is 7. The molecule has 0 aliphatic rings. The minimum Gasteiger partial charge on any atom is -0.203 e. The monoisotopic (exact) mass is 1210 g/mol. The molecule has 0 N–H and O–H groups in total. The van der Waals surface area contributed by atoms with Gasteiger partial charge in [-0.1, -0.05) is 63.7 Å². The van der Waals surface area contributed by atoms with E-state index < -0.39 is 181 Å². The first kappa shape index (κ1) is 49.0. The molecule has 0 spiro atoms. The molecule has 0 aliphatic carbocycles. The largest absolute Gasteiger partial charge is 0.203 e. The number of rotatable bonds is 6. The SMILES string of the molecule is Fc1c(F)c(F)c(-c2cc(Br)c(-c3cc(Br)c(-c4cc(-c5c(F)c(F)c(F)c(F)c5F)c(-c5c(F)c(F)c(F)c(F)c5F)cc4Br)cc3Br)cc2-c2c(F)c(F)c(F)c(F)c2F)c(F)c1F. The standard InChI is InChI=1S/C42H6Br4F20/c43-15-4-10(8-2-12(20-25(49)33(57)40(64)34(58)26(20)50)14(6-18(8)46)22-29(53)37(61)42(66)38(62)30(22)54)16(44)3-9(15)7-1-11(19-23(47)31(55)39(63)32(56)24(19)48)13(5-17(7)45)21-27(51)35(59)41(65)36(60)28(21)52/h1-6H. The Kier molecular flexibility index (Phi) is 13.1. The van der Waals surface area contributed by atoms with Crippen LogP contribution in [0.1, 0.15) is 0 Å². The molecule has 7 rings (SSSR count). The van der Waals surface area contributed by atoms with Crippen LogP contribution in [0.3, 0.4) is 0 Å². The van der Waals surface area contributed by atoms with E-state index in [1.165, 1.54) is 0 Å². The van der Waals surface area contributed by atoms with Gasteiger partial charge in [-0.15, -0.1) is 0 Å². The third-order valence-corrected chi connectivity index (χ3v) is 12.4. The molecule has 0 radical (unpaired) electrons. The highest BCUT2D eigenvalue weighted by Crippen LogP contribution is 2.50. The van der Waals surface area contributed by atoms with Crippen LogP contribution in [0.4, 0.5) is 87.8 Å². The molecule has 0 aliphatic heterocycles. The highest BCUT2D eigenvalue weighted by Gasteiger charge is 2.36. The van der Waals surface area contributed by atoms with E-state index in [4.69, 9.17) is 0 Å². The van der Waals surface area contributed by atoms with Crippen molar-refractivity contribution >= 4 is 63.7 Å². The summed E-state index contributed by atoms with van der Waals surface area (Å²) in [6, 6.07) is 4.00. The summed E-state index contributed by atoms with van der Waals surface area (Å²) in [6.07, 6.45) is 0. The fourth-order valence-electron chi connectivity index (χ4n) is 6.71. The van der Waals surface area contributed by atoms with Gasteiger partial charge in [0.05, 0.1) is 22.3 Å². The first-order valence-electron chi connectivity index (χ1n) is 17.0. The van der Waals surface area contributed by atoms with E-state index >= 15 is 35.1 Å². The summed E-state index contributed by atoms with van der Waals surface area (Å²) in [5.74, 6) is -52.5. The molecule has 0 nitrogen and oxygen atoms in total. The van der Waals surface area contributed by atoms with Gasteiger partial charge in [0.25, 0.3) is 0 Å². The van der Waals surface area contributed by atoms with Crippen molar-refractivity contribution in [2.24, 2.45) is 0 Å². The van der Waals surface area contributed by atoms with Crippen LogP contribution < -0.4 is 0 Å².